The van der Waals surface area contributed by atoms with Crippen molar-refractivity contribution in [1.82, 2.24) is 4.72 Å². The van der Waals surface area contributed by atoms with Crippen LogP contribution >= 0.6 is 0 Å². The quantitative estimate of drug-likeness (QED) is 0.844. The van der Waals surface area contributed by atoms with Gasteiger partial charge in [0.25, 0.3) is 0 Å². The van der Waals surface area contributed by atoms with Gasteiger partial charge in [-0.3, -0.25) is 4.99 Å². The molecule has 0 bridgehead atoms. The molecular weight excluding hydrogens is 312 g/mol. The molecule has 2 aromatic carbocycles. The lowest BCUT2D eigenvalue weighted by atomic mass is 10.1. The van der Waals surface area contributed by atoms with Crippen LogP contribution in [0.5, 0.6) is 5.75 Å². The average Bonchev–Trinajstić information content (AvgIpc) is 2.44. The van der Waals surface area contributed by atoms with Crippen molar-refractivity contribution in [2.24, 2.45) is 4.99 Å². The van der Waals surface area contributed by atoms with E-state index in [-0.39, 0.29) is 10.6 Å². The van der Waals surface area contributed by atoms with Gasteiger partial charge in [0.2, 0.25) is 10.0 Å². The molecule has 122 valence electrons. The van der Waals surface area contributed by atoms with Crippen LogP contribution in [0.1, 0.15) is 26.3 Å². The van der Waals surface area contributed by atoms with E-state index in [0.29, 0.717) is 11.3 Å². The fraction of sp³-hybridized carbons (Fsp3) is 0.235. The maximum atomic E-state index is 12.3. The Balaban J connectivity index is 2.29. The third kappa shape index (κ3) is 4.91. The van der Waals surface area contributed by atoms with Crippen LogP contribution in [-0.2, 0) is 10.0 Å². The molecule has 2 N–H and O–H groups in total. The van der Waals surface area contributed by atoms with Gasteiger partial charge < -0.3 is 5.11 Å². The van der Waals surface area contributed by atoms with E-state index in [4.69, 9.17) is 0 Å². The first kappa shape index (κ1) is 17.2. The molecule has 2 rings (SSSR count). The largest absolute Gasteiger partial charge is 0.507 e. The second kappa shape index (κ2) is 6.52. The van der Waals surface area contributed by atoms with Gasteiger partial charge in [-0.2, -0.15) is 0 Å². The number of benzene rings is 2. The molecule has 0 heterocycles. The minimum atomic E-state index is -3.60. The number of aromatic hydroxyl groups is 1. The number of rotatable bonds is 4. The summed E-state index contributed by atoms with van der Waals surface area (Å²) >= 11 is 0. The zero-order valence-electron chi connectivity index (χ0n) is 13.3. The standard InChI is InChI=1S/C17H20N2O3S/c1-17(2,3)19-23(21,22)15-9-6-8-14(11-15)18-12-13-7-4-5-10-16(13)20/h4-12,19-20H,1-3H3. The van der Waals surface area contributed by atoms with E-state index in [1.165, 1.54) is 18.3 Å². The molecule has 23 heavy (non-hydrogen) atoms. The van der Waals surface area contributed by atoms with Gasteiger partial charge in [0, 0.05) is 17.3 Å². The summed E-state index contributed by atoms with van der Waals surface area (Å²) < 4.78 is 27.3. The van der Waals surface area contributed by atoms with Gasteiger partial charge in [-0.1, -0.05) is 18.2 Å². The Kier molecular flexibility index (Phi) is 4.87. The van der Waals surface area contributed by atoms with Crippen molar-refractivity contribution in [2.75, 3.05) is 0 Å². The van der Waals surface area contributed by atoms with Crippen LogP contribution in [0.2, 0.25) is 0 Å². The van der Waals surface area contributed by atoms with Gasteiger partial charge in [0.1, 0.15) is 5.75 Å². The first-order valence-electron chi connectivity index (χ1n) is 7.13. The van der Waals surface area contributed by atoms with Gasteiger partial charge in [-0.05, 0) is 51.1 Å². The van der Waals surface area contributed by atoms with Crippen molar-refractivity contribution >= 4 is 21.9 Å². The highest BCUT2D eigenvalue weighted by molar-refractivity contribution is 7.89. The molecule has 0 amide bonds. The maximum Gasteiger partial charge on any atom is 0.241 e. The van der Waals surface area contributed by atoms with E-state index < -0.39 is 15.6 Å². The molecule has 0 spiro atoms. The molecule has 0 saturated heterocycles. The van der Waals surface area contributed by atoms with Crippen LogP contribution in [0.25, 0.3) is 0 Å². The summed E-state index contributed by atoms with van der Waals surface area (Å²) in [6.07, 6.45) is 1.50. The number of hydrogen-bond donors (Lipinski definition) is 2. The molecule has 0 aromatic heterocycles. The van der Waals surface area contributed by atoms with Gasteiger partial charge in [0.05, 0.1) is 10.6 Å². The van der Waals surface area contributed by atoms with Gasteiger partial charge in [0.15, 0.2) is 0 Å². The highest BCUT2D eigenvalue weighted by Crippen LogP contribution is 2.20. The summed E-state index contributed by atoms with van der Waals surface area (Å²) in [5.74, 6) is 0.120. The van der Waals surface area contributed by atoms with E-state index in [9.17, 15) is 13.5 Å². The summed E-state index contributed by atoms with van der Waals surface area (Å²) in [6.45, 7) is 5.35. The van der Waals surface area contributed by atoms with E-state index >= 15 is 0 Å². The van der Waals surface area contributed by atoms with Crippen molar-refractivity contribution < 1.29 is 13.5 Å². The Morgan fingerprint density at radius 3 is 2.43 bits per heavy atom. The fourth-order valence-electron chi connectivity index (χ4n) is 1.93. The molecule has 0 aliphatic heterocycles. The summed E-state index contributed by atoms with van der Waals surface area (Å²) in [6, 6.07) is 13.1. The fourth-order valence-corrected chi connectivity index (χ4v) is 3.39. The minimum Gasteiger partial charge on any atom is -0.507 e. The second-order valence-corrected chi connectivity index (χ2v) is 7.85. The zero-order chi connectivity index (χ0) is 17.1. The molecule has 0 atom stereocenters. The average molecular weight is 332 g/mol. The predicted octanol–water partition coefficient (Wildman–Crippen LogP) is 3.22. The van der Waals surface area contributed by atoms with Gasteiger partial charge >= 0.3 is 0 Å². The highest BCUT2D eigenvalue weighted by Gasteiger charge is 2.21. The third-order valence-corrected chi connectivity index (χ3v) is 4.61. The molecule has 0 saturated carbocycles. The SMILES string of the molecule is CC(C)(C)NS(=O)(=O)c1cccc(N=Cc2ccccc2O)c1. The molecule has 0 unspecified atom stereocenters. The number of nitrogens with one attached hydrogen (secondary N) is 1. The topological polar surface area (TPSA) is 78.8 Å². The lowest BCUT2D eigenvalue weighted by molar-refractivity contribution is 0.474. The Morgan fingerprint density at radius 2 is 1.78 bits per heavy atom. The highest BCUT2D eigenvalue weighted by atomic mass is 32.2. The lowest BCUT2D eigenvalue weighted by Gasteiger charge is -2.20. The zero-order valence-corrected chi connectivity index (χ0v) is 14.1. The van der Waals surface area contributed by atoms with Crippen molar-refractivity contribution in [2.45, 2.75) is 31.2 Å². The Labute approximate surface area is 136 Å². The summed E-state index contributed by atoms with van der Waals surface area (Å²) in [4.78, 5) is 4.38. The van der Waals surface area contributed by atoms with Gasteiger partial charge in [-0.15, -0.1) is 0 Å². The predicted molar refractivity (Wildman–Crippen MR) is 91.9 cm³/mol. The Morgan fingerprint density at radius 1 is 1.09 bits per heavy atom. The molecule has 5 nitrogen and oxygen atoms in total. The number of hydrogen-bond acceptors (Lipinski definition) is 4. The van der Waals surface area contributed by atoms with Gasteiger partial charge in [-0.25, -0.2) is 13.1 Å². The van der Waals surface area contributed by atoms with E-state index in [2.05, 4.69) is 9.71 Å². The second-order valence-electron chi connectivity index (χ2n) is 6.17. The van der Waals surface area contributed by atoms with Crippen LogP contribution in [0, 0.1) is 0 Å². The van der Waals surface area contributed by atoms with Crippen LogP contribution in [0.4, 0.5) is 5.69 Å². The number of phenolic OH excluding ortho intramolecular Hbond substituents is 1. The molecule has 0 aliphatic carbocycles. The summed E-state index contributed by atoms with van der Waals surface area (Å²) in [7, 11) is -3.60. The summed E-state index contributed by atoms with van der Waals surface area (Å²) in [5, 5.41) is 9.70. The van der Waals surface area contributed by atoms with E-state index in [1.807, 2.05) is 0 Å². The summed E-state index contributed by atoms with van der Waals surface area (Å²) in [5.41, 5.74) is 0.493. The normalized spacial score (nSPS) is 12.7. The number of sulfonamides is 1. The Hall–Kier alpha value is -2.18. The van der Waals surface area contributed by atoms with Crippen molar-refractivity contribution in [3.8, 4) is 5.75 Å². The third-order valence-electron chi connectivity index (χ3n) is 2.86. The molecule has 0 aliphatic rings. The van der Waals surface area contributed by atoms with Crippen molar-refractivity contribution in [3.63, 3.8) is 0 Å². The monoisotopic (exact) mass is 332 g/mol. The lowest BCUT2D eigenvalue weighted by Crippen LogP contribution is -2.40. The number of nitrogens with zero attached hydrogens (tertiary/aromatic N) is 1. The van der Waals surface area contributed by atoms with E-state index in [1.54, 1.807) is 57.2 Å². The smallest absolute Gasteiger partial charge is 0.241 e. The first-order valence-corrected chi connectivity index (χ1v) is 8.62. The number of para-hydroxylation sites is 1. The van der Waals surface area contributed by atoms with Crippen LogP contribution in [-0.4, -0.2) is 25.3 Å². The Bertz CT molecular complexity index is 822. The van der Waals surface area contributed by atoms with Crippen molar-refractivity contribution in [3.05, 3.63) is 54.1 Å². The molecule has 0 fully saturated rings. The van der Waals surface area contributed by atoms with E-state index in [0.717, 1.165) is 0 Å². The van der Waals surface area contributed by atoms with Crippen LogP contribution in [0.3, 0.4) is 0 Å². The minimum absolute atomic E-state index is 0.120. The number of aliphatic imine (C=N–C) groups is 1. The van der Waals surface area contributed by atoms with Crippen LogP contribution in [0.15, 0.2) is 58.4 Å². The maximum absolute atomic E-state index is 12.3. The molecular formula is C17H20N2O3S. The molecule has 2 aromatic rings. The van der Waals surface area contributed by atoms with Crippen LogP contribution < -0.4 is 4.72 Å². The van der Waals surface area contributed by atoms with Crippen molar-refractivity contribution in [1.29, 1.82) is 0 Å². The number of phenols is 1. The molecule has 6 heteroatoms. The molecule has 0 radical (unpaired) electrons. The first-order chi connectivity index (χ1) is 10.7.